The fraction of sp³-hybridized carbons (Fsp3) is 0.0769. The number of hydrogen-bond donors (Lipinski definition) is 1. The van der Waals surface area contributed by atoms with Crippen molar-refractivity contribution in [3.05, 3.63) is 50.8 Å². The molecule has 0 aliphatic heterocycles. The number of hydrogen-bond acceptors (Lipinski definition) is 4. The van der Waals surface area contributed by atoms with Gasteiger partial charge in [0, 0.05) is 5.69 Å². The van der Waals surface area contributed by atoms with Gasteiger partial charge in [-0.3, -0.25) is 4.79 Å². The molecule has 5 nitrogen and oxygen atoms in total. The third-order valence-corrected chi connectivity index (χ3v) is 3.48. The molecule has 2 rings (SSSR count). The fourth-order valence-electron chi connectivity index (χ4n) is 1.40. The van der Waals surface area contributed by atoms with Gasteiger partial charge in [-0.1, -0.05) is 23.2 Å². The van der Waals surface area contributed by atoms with E-state index in [0.717, 1.165) is 0 Å². The minimum atomic E-state index is -0.731. The Morgan fingerprint density at radius 1 is 1.19 bits per heavy atom. The molecule has 0 radical (unpaired) electrons. The van der Waals surface area contributed by atoms with Crippen LogP contribution >= 0.6 is 39.1 Å². The molecule has 0 saturated carbocycles. The van der Waals surface area contributed by atoms with E-state index in [2.05, 4.69) is 21.2 Å². The highest BCUT2D eigenvalue weighted by molar-refractivity contribution is 9.10. The highest BCUT2D eigenvalue weighted by Crippen LogP contribution is 2.24. The molecule has 21 heavy (non-hydrogen) atoms. The van der Waals surface area contributed by atoms with Crippen molar-refractivity contribution in [3.63, 3.8) is 0 Å². The zero-order chi connectivity index (χ0) is 15.4. The second-order valence-electron chi connectivity index (χ2n) is 3.86. The number of amides is 1. The molecule has 0 aliphatic carbocycles. The maximum Gasteiger partial charge on any atom is 0.374 e. The number of carbonyl (C=O) groups excluding carboxylic acids is 2. The second kappa shape index (κ2) is 6.98. The van der Waals surface area contributed by atoms with Crippen LogP contribution in [0.15, 0.2) is 39.4 Å². The van der Waals surface area contributed by atoms with E-state index in [1.165, 1.54) is 12.1 Å². The van der Waals surface area contributed by atoms with Crippen LogP contribution in [0.1, 0.15) is 10.6 Å². The maximum absolute atomic E-state index is 11.6. The third-order valence-electron chi connectivity index (χ3n) is 2.31. The molecule has 1 aromatic carbocycles. The lowest BCUT2D eigenvalue weighted by Crippen LogP contribution is -2.20. The van der Waals surface area contributed by atoms with Gasteiger partial charge in [0.2, 0.25) is 5.76 Å². The summed E-state index contributed by atoms with van der Waals surface area (Å²) >= 11 is 14.6. The molecule has 0 spiro atoms. The van der Waals surface area contributed by atoms with Gasteiger partial charge in [0.15, 0.2) is 11.3 Å². The minimum Gasteiger partial charge on any atom is -0.450 e. The standard InChI is InChI=1S/C13H8BrCl2NO4/c14-11-4-3-10(21-11)13(19)20-6-12(18)17-7-1-2-8(15)9(16)5-7/h1-5H,6H2,(H,17,18). The molecule has 2 aromatic rings. The fourth-order valence-corrected chi connectivity index (χ4v) is 2.00. The summed E-state index contributed by atoms with van der Waals surface area (Å²) in [5.74, 6) is -1.23. The number of halogens is 3. The average molecular weight is 393 g/mol. The van der Waals surface area contributed by atoms with Gasteiger partial charge >= 0.3 is 5.97 Å². The van der Waals surface area contributed by atoms with Gasteiger partial charge in [-0.25, -0.2) is 4.79 Å². The van der Waals surface area contributed by atoms with E-state index >= 15 is 0 Å². The van der Waals surface area contributed by atoms with Crippen molar-refractivity contribution in [1.29, 1.82) is 0 Å². The Morgan fingerprint density at radius 3 is 2.57 bits per heavy atom. The van der Waals surface area contributed by atoms with E-state index in [9.17, 15) is 9.59 Å². The number of rotatable bonds is 4. The topological polar surface area (TPSA) is 68.5 Å². The number of nitrogens with one attached hydrogen (secondary N) is 1. The predicted octanol–water partition coefficient (Wildman–Crippen LogP) is 4.14. The molecule has 1 aromatic heterocycles. The van der Waals surface area contributed by atoms with Gasteiger partial charge < -0.3 is 14.5 Å². The monoisotopic (exact) mass is 391 g/mol. The van der Waals surface area contributed by atoms with Gasteiger partial charge in [0.05, 0.1) is 10.0 Å². The molecule has 1 amide bonds. The summed E-state index contributed by atoms with van der Waals surface area (Å²) in [7, 11) is 0. The third kappa shape index (κ3) is 4.49. The molecule has 1 N–H and O–H groups in total. The lowest BCUT2D eigenvalue weighted by molar-refractivity contribution is -0.119. The van der Waals surface area contributed by atoms with Crippen molar-refractivity contribution in [2.24, 2.45) is 0 Å². The normalized spacial score (nSPS) is 10.2. The number of esters is 1. The number of carbonyl (C=O) groups is 2. The van der Waals surface area contributed by atoms with E-state index in [4.69, 9.17) is 32.4 Å². The maximum atomic E-state index is 11.6. The van der Waals surface area contributed by atoms with Crippen molar-refractivity contribution in [1.82, 2.24) is 0 Å². The lowest BCUT2D eigenvalue weighted by atomic mass is 10.3. The lowest BCUT2D eigenvalue weighted by Gasteiger charge is -2.06. The zero-order valence-electron chi connectivity index (χ0n) is 10.4. The summed E-state index contributed by atoms with van der Waals surface area (Å²) in [6.07, 6.45) is 0. The van der Waals surface area contributed by atoms with E-state index in [-0.39, 0.29) is 5.76 Å². The van der Waals surface area contributed by atoms with Gasteiger partial charge in [0.1, 0.15) is 0 Å². The second-order valence-corrected chi connectivity index (χ2v) is 5.45. The highest BCUT2D eigenvalue weighted by atomic mass is 79.9. The first kappa shape index (κ1) is 15.9. The van der Waals surface area contributed by atoms with Gasteiger partial charge in [-0.2, -0.15) is 0 Å². The van der Waals surface area contributed by atoms with Crippen LogP contribution < -0.4 is 5.32 Å². The summed E-state index contributed by atoms with van der Waals surface area (Å²) < 4.78 is 10.2. The number of furan rings is 1. The Hall–Kier alpha value is -1.50. The Kier molecular flexibility index (Phi) is 5.27. The molecule has 0 atom stereocenters. The quantitative estimate of drug-likeness (QED) is 0.793. The van der Waals surface area contributed by atoms with Crippen molar-refractivity contribution < 1.29 is 18.7 Å². The molecular formula is C13H8BrCl2NO4. The minimum absolute atomic E-state index is 0.00390. The van der Waals surface area contributed by atoms with Crippen LogP contribution in [0.25, 0.3) is 0 Å². The first-order valence-electron chi connectivity index (χ1n) is 5.63. The molecule has 1 heterocycles. The smallest absolute Gasteiger partial charge is 0.374 e. The Balaban J connectivity index is 1.87. The van der Waals surface area contributed by atoms with Crippen molar-refractivity contribution in [2.45, 2.75) is 0 Å². The summed E-state index contributed by atoms with van der Waals surface area (Å²) in [6, 6.07) is 7.60. The van der Waals surface area contributed by atoms with Gasteiger partial charge in [-0.05, 0) is 46.3 Å². The summed E-state index contributed by atoms with van der Waals surface area (Å²) in [6.45, 7) is -0.447. The molecule has 0 saturated heterocycles. The van der Waals surface area contributed by atoms with E-state index in [1.807, 2.05) is 0 Å². The number of benzene rings is 1. The van der Waals surface area contributed by atoms with Crippen molar-refractivity contribution in [3.8, 4) is 0 Å². The van der Waals surface area contributed by atoms with Crippen LogP contribution in [0.5, 0.6) is 0 Å². The van der Waals surface area contributed by atoms with Crippen LogP contribution in [0, 0.1) is 0 Å². The van der Waals surface area contributed by atoms with Crippen LogP contribution in [0.2, 0.25) is 10.0 Å². The molecule has 8 heteroatoms. The molecule has 0 bridgehead atoms. The largest absolute Gasteiger partial charge is 0.450 e. The molecule has 0 aliphatic rings. The van der Waals surface area contributed by atoms with Crippen LogP contribution in [-0.2, 0) is 9.53 Å². The Morgan fingerprint density at radius 2 is 1.95 bits per heavy atom. The van der Waals surface area contributed by atoms with Crippen molar-refractivity contribution >= 4 is 56.7 Å². The van der Waals surface area contributed by atoms with Gasteiger partial charge in [-0.15, -0.1) is 0 Å². The summed E-state index contributed by atoms with van der Waals surface area (Å²) in [4.78, 5) is 23.2. The Bertz CT molecular complexity index is 687. The summed E-state index contributed by atoms with van der Waals surface area (Å²) in [5.41, 5.74) is 0.450. The SMILES string of the molecule is O=C(COC(=O)c1ccc(Br)o1)Nc1ccc(Cl)c(Cl)c1. The van der Waals surface area contributed by atoms with E-state index in [1.54, 1.807) is 18.2 Å². The van der Waals surface area contributed by atoms with Gasteiger partial charge in [0.25, 0.3) is 5.91 Å². The first-order valence-corrected chi connectivity index (χ1v) is 7.18. The van der Waals surface area contributed by atoms with E-state index < -0.39 is 18.5 Å². The summed E-state index contributed by atoms with van der Waals surface area (Å²) in [5, 5.41) is 3.21. The zero-order valence-corrected chi connectivity index (χ0v) is 13.5. The molecule has 110 valence electrons. The average Bonchev–Trinajstić information content (AvgIpc) is 2.87. The highest BCUT2D eigenvalue weighted by Gasteiger charge is 2.14. The number of ether oxygens (including phenoxy) is 1. The van der Waals surface area contributed by atoms with Crippen LogP contribution in [-0.4, -0.2) is 18.5 Å². The first-order chi connectivity index (χ1) is 9.95. The van der Waals surface area contributed by atoms with E-state index in [0.29, 0.717) is 20.4 Å². The Labute approximate surface area is 138 Å². The number of anilines is 1. The molecular weight excluding hydrogens is 385 g/mol. The van der Waals surface area contributed by atoms with Crippen LogP contribution in [0.4, 0.5) is 5.69 Å². The van der Waals surface area contributed by atoms with Crippen LogP contribution in [0.3, 0.4) is 0 Å². The van der Waals surface area contributed by atoms with Crippen molar-refractivity contribution in [2.75, 3.05) is 11.9 Å². The molecule has 0 fully saturated rings. The molecule has 0 unspecified atom stereocenters. The predicted molar refractivity (Wildman–Crippen MR) is 81.8 cm³/mol.